The second kappa shape index (κ2) is 6.48. The number of aryl methyl sites for hydroxylation is 1. The molecular formula is C18H28N4O. The van der Waals surface area contributed by atoms with Crippen LogP contribution >= 0.6 is 0 Å². The minimum absolute atomic E-state index is 0.166. The fourth-order valence-electron chi connectivity index (χ4n) is 3.93. The lowest BCUT2D eigenvalue weighted by Gasteiger charge is -2.54. The van der Waals surface area contributed by atoms with Crippen molar-refractivity contribution in [3.8, 4) is 0 Å². The molecule has 0 radical (unpaired) electrons. The number of ether oxygens (including phenoxy) is 1. The number of fused-ring (bicyclic) bond motifs is 1. The molecule has 3 unspecified atom stereocenters. The summed E-state index contributed by atoms with van der Waals surface area (Å²) in [6, 6.07) is 4.62. The van der Waals surface area contributed by atoms with Crippen LogP contribution in [-0.2, 0) is 11.2 Å². The summed E-state index contributed by atoms with van der Waals surface area (Å²) in [6.45, 7) is 8.31. The van der Waals surface area contributed by atoms with Gasteiger partial charge in [0, 0.05) is 49.5 Å². The number of hydrogen-bond acceptors (Lipinski definition) is 3. The first-order valence-corrected chi connectivity index (χ1v) is 8.52. The van der Waals surface area contributed by atoms with Crippen molar-refractivity contribution >= 4 is 5.96 Å². The van der Waals surface area contributed by atoms with Crippen LogP contribution in [0.1, 0.15) is 31.5 Å². The zero-order valence-electron chi connectivity index (χ0n) is 14.6. The molecular weight excluding hydrogens is 288 g/mol. The molecule has 1 aromatic heterocycles. The average Bonchev–Trinajstić information content (AvgIpc) is 2.99. The van der Waals surface area contributed by atoms with Gasteiger partial charge < -0.3 is 15.4 Å². The molecule has 2 aliphatic rings. The molecule has 23 heavy (non-hydrogen) atoms. The Morgan fingerprint density at radius 3 is 2.96 bits per heavy atom. The van der Waals surface area contributed by atoms with Gasteiger partial charge in [0.15, 0.2) is 5.96 Å². The van der Waals surface area contributed by atoms with Gasteiger partial charge in [-0.3, -0.25) is 9.98 Å². The van der Waals surface area contributed by atoms with Crippen molar-refractivity contribution in [3.05, 3.63) is 29.6 Å². The van der Waals surface area contributed by atoms with Crippen LogP contribution in [0.5, 0.6) is 0 Å². The van der Waals surface area contributed by atoms with Gasteiger partial charge in [0.05, 0.1) is 6.10 Å². The molecule has 3 atom stereocenters. The Labute approximate surface area is 138 Å². The summed E-state index contributed by atoms with van der Waals surface area (Å²) in [6.07, 6.45) is 4.44. The zero-order chi connectivity index (χ0) is 16.4. The molecule has 5 nitrogen and oxygen atoms in total. The number of nitrogens with one attached hydrogen (secondary N) is 2. The van der Waals surface area contributed by atoms with Gasteiger partial charge in [-0.25, -0.2) is 0 Å². The van der Waals surface area contributed by atoms with Crippen molar-refractivity contribution in [2.45, 2.75) is 45.8 Å². The van der Waals surface area contributed by atoms with E-state index >= 15 is 0 Å². The molecule has 0 bridgehead atoms. The Morgan fingerprint density at radius 1 is 1.43 bits per heavy atom. The van der Waals surface area contributed by atoms with E-state index in [-0.39, 0.29) is 5.41 Å². The minimum atomic E-state index is 0.166. The van der Waals surface area contributed by atoms with Gasteiger partial charge in [-0.2, -0.15) is 0 Å². The van der Waals surface area contributed by atoms with Crippen LogP contribution < -0.4 is 10.6 Å². The van der Waals surface area contributed by atoms with E-state index in [1.54, 1.807) is 0 Å². The lowest BCUT2D eigenvalue weighted by atomic mass is 9.57. The predicted molar refractivity (Wildman–Crippen MR) is 92.6 cm³/mol. The van der Waals surface area contributed by atoms with Gasteiger partial charge in [0.25, 0.3) is 0 Å². The van der Waals surface area contributed by atoms with Crippen LogP contribution in [0.2, 0.25) is 0 Å². The summed E-state index contributed by atoms with van der Waals surface area (Å²) in [7, 11) is 1.83. The van der Waals surface area contributed by atoms with E-state index in [2.05, 4.69) is 46.6 Å². The van der Waals surface area contributed by atoms with Crippen molar-refractivity contribution < 1.29 is 4.74 Å². The molecule has 0 aromatic carbocycles. The lowest BCUT2D eigenvalue weighted by Crippen LogP contribution is -2.68. The van der Waals surface area contributed by atoms with Crippen LogP contribution in [0.15, 0.2) is 23.3 Å². The van der Waals surface area contributed by atoms with E-state index in [0.29, 0.717) is 18.1 Å². The number of rotatable bonds is 4. The summed E-state index contributed by atoms with van der Waals surface area (Å²) >= 11 is 0. The minimum Gasteiger partial charge on any atom is -0.377 e. The van der Waals surface area contributed by atoms with Crippen molar-refractivity contribution in [3.63, 3.8) is 0 Å². The SMILES string of the molecule is CN=C(NCCc1ccc(C)nc1)NC1C2CCOC2C1(C)C. The lowest BCUT2D eigenvalue weighted by molar-refractivity contribution is -0.106. The van der Waals surface area contributed by atoms with E-state index in [4.69, 9.17) is 4.74 Å². The van der Waals surface area contributed by atoms with Gasteiger partial charge in [0.1, 0.15) is 0 Å². The first kappa shape index (κ1) is 16.2. The highest BCUT2D eigenvalue weighted by Crippen LogP contribution is 2.51. The molecule has 0 spiro atoms. The summed E-state index contributed by atoms with van der Waals surface area (Å²) < 4.78 is 5.85. The summed E-state index contributed by atoms with van der Waals surface area (Å²) in [5, 5.41) is 7.02. The molecule has 1 aliphatic heterocycles. The van der Waals surface area contributed by atoms with Crippen molar-refractivity contribution in [2.24, 2.45) is 16.3 Å². The van der Waals surface area contributed by atoms with E-state index < -0.39 is 0 Å². The number of guanidine groups is 1. The maximum absolute atomic E-state index is 5.85. The third-order valence-electron chi connectivity index (χ3n) is 5.30. The number of hydrogen-bond donors (Lipinski definition) is 2. The molecule has 1 saturated carbocycles. The topological polar surface area (TPSA) is 58.5 Å². The Morgan fingerprint density at radius 2 is 2.26 bits per heavy atom. The monoisotopic (exact) mass is 316 g/mol. The molecule has 126 valence electrons. The van der Waals surface area contributed by atoms with Gasteiger partial charge in [-0.05, 0) is 31.4 Å². The standard InChI is InChI=1S/C18H28N4O/c1-12-5-6-13(11-21-12)7-9-20-17(19-4)22-15-14-8-10-23-16(14)18(15,2)3/h5-6,11,14-16H,7-10H2,1-4H3,(H2,19,20,22). The molecule has 0 amide bonds. The first-order chi connectivity index (χ1) is 11.0. The number of aliphatic imine (C=N–C) groups is 1. The summed E-state index contributed by atoms with van der Waals surface area (Å²) in [5.41, 5.74) is 2.46. The average molecular weight is 316 g/mol. The molecule has 2 fully saturated rings. The Kier molecular flexibility index (Phi) is 4.57. The van der Waals surface area contributed by atoms with E-state index in [1.165, 1.54) is 5.56 Å². The molecule has 1 aromatic rings. The fraction of sp³-hybridized carbons (Fsp3) is 0.667. The largest absolute Gasteiger partial charge is 0.377 e. The highest BCUT2D eigenvalue weighted by atomic mass is 16.5. The van der Waals surface area contributed by atoms with Crippen LogP contribution in [0.3, 0.4) is 0 Å². The smallest absolute Gasteiger partial charge is 0.191 e. The second-order valence-corrected chi connectivity index (χ2v) is 7.24. The van der Waals surface area contributed by atoms with E-state index in [0.717, 1.165) is 37.6 Å². The number of nitrogens with zero attached hydrogens (tertiary/aromatic N) is 2. The fourth-order valence-corrected chi connectivity index (χ4v) is 3.93. The number of pyridine rings is 1. The van der Waals surface area contributed by atoms with E-state index in [1.807, 2.05) is 20.2 Å². The van der Waals surface area contributed by atoms with Crippen molar-refractivity contribution in [1.82, 2.24) is 15.6 Å². The van der Waals surface area contributed by atoms with Gasteiger partial charge in [0.2, 0.25) is 0 Å². The Balaban J connectivity index is 1.50. The number of aromatic nitrogens is 1. The van der Waals surface area contributed by atoms with E-state index in [9.17, 15) is 0 Å². The molecule has 3 rings (SSSR count). The van der Waals surface area contributed by atoms with Crippen molar-refractivity contribution in [2.75, 3.05) is 20.2 Å². The first-order valence-electron chi connectivity index (χ1n) is 8.52. The van der Waals surface area contributed by atoms with Crippen LogP contribution in [0.4, 0.5) is 0 Å². The summed E-state index contributed by atoms with van der Waals surface area (Å²) in [4.78, 5) is 8.71. The van der Waals surface area contributed by atoms with Crippen molar-refractivity contribution in [1.29, 1.82) is 0 Å². The third kappa shape index (κ3) is 3.20. The summed E-state index contributed by atoms with van der Waals surface area (Å²) in [5.74, 6) is 1.50. The molecule has 1 aliphatic carbocycles. The highest BCUT2D eigenvalue weighted by Gasteiger charge is 2.59. The molecule has 5 heteroatoms. The van der Waals surface area contributed by atoms with Gasteiger partial charge in [-0.1, -0.05) is 19.9 Å². The normalized spacial score (nSPS) is 28.9. The van der Waals surface area contributed by atoms with Gasteiger partial charge in [-0.15, -0.1) is 0 Å². The molecule has 1 saturated heterocycles. The highest BCUT2D eigenvalue weighted by molar-refractivity contribution is 5.80. The Bertz CT molecular complexity index is 567. The van der Waals surface area contributed by atoms with Crippen LogP contribution in [0.25, 0.3) is 0 Å². The zero-order valence-corrected chi connectivity index (χ0v) is 14.6. The predicted octanol–water partition coefficient (Wildman–Crippen LogP) is 1.91. The maximum Gasteiger partial charge on any atom is 0.191 e. The van der Waals surface area contributed by atoms with Gasteiger partial charge >= 0.3 is 0 Å². The quantitative estimate of drug-likeness (QED) is 0.658. The molecule has 2 heterocycles. The van der Waals surface area contributed by atoms with Crippen LogP contribution in [-0.4, -0.2) is 43.3 Å². The van der Waals surface area contributed by atoms with Crippen LogP contribution in [0, 0.1) is 18.3 Å². The second-order valence-electron chi connectivity index (χ2n) is 7.24. The third-order valence-corrected chi connectivity index (χ3v) is 5.30. The molecule has 2 N–H and O–H groups in total. The maximum atomic E-state index is 5.85. The Hall–Kier alpha value is -1.62.